The second-order valence-corrected chi connectivity index (χ2v) is 8.94. The predicted molar refractivity (Wildman–Crippen MR) is 105 cm³/mol. The molecule has 0 saturated heterocycles. The summed E-state index contributed by atoms with van der Waals surface area (Å²) in [6.07, 6.45) is -6.43. The minimum Gasteiger partial charge on any atom is -0.743 e. The van der Waals surface area contributed by atoms with E-state index in [4.69, 9.17) is 0 Å². The van der Waals surface area contributed by atoms with Crippen molar-refractivity contribution >= 4 is 10.1 Å². The van der Waals surface area contributed by atoms with Crippen molar-refractivity contribution in [1.82, 2.24) is 0 Å². The van der Waals surface area contributed by atoms with Crippen molar-refractivity contribution in [3.63, 3.8) is 0 Å². The Morgan fingerprint density at radius 1 is 0.645 bits per heavy atom. The Morgan fingerprint density at radius 2 is 0.968 bits per heavy atom. The fraction of sp³-hybridized carbons (Fsp3) is 1.00. The van der Waals surface area contributed by atoms with Gasteiger partial charge < -0.3 is 9.04 Å². The summed E-state index contributed by atoms with van der Waals surface area (Å²) in [6, 6.07) is 0. The Balaban J connectivity index is 0. The third-order valence-electron chi connectivity index (χ3n) is 5.62. The molecule has 0 fully saturated rings. The second kappa shape index (κ2) is 13.8. The number of hydrogen-bond acceptors (Lipinski definition) is 3. The Labute approximate surface area is 181 Å². The van der Waals surface area contributed by atoms with Crippen LogP contribution in [0.1, 0.15) is 79.1 Å². The van der Waals surface area contributed by atoms with Gasteiger partial charge in [0.15, 0.2) is 10.1 Å². The molecule has 31 heavy (non-hydrogen) atoms. The first-order valence-corrected chi connectivity index (χ1v) is 12.0. The number of quaternary nitrogens is 1. The summed E-state index contributed by atoms with van der Waals surface area (Å²) in [6.45, 7) is 14.2. The van der Waals surface area contributed by atoms with E-state index < -0.39 is 46.7 Å². The van der Waals surface area contributed by atoms with Gasteiger partial charge in [-0.3, -0.25) is 0 Å². The van der Waals surface area contributed by atoms with Crippen LogP contribution in [0.25, 0.3) is 0 Å². The zero-order chi connectivity index (χ0) is 25.0. The van der Waals surface area contributed by atoms with E-state index in [1.807, 2.05) is 0 Å². The molecule has 0 atom stereocenters. The molecule has 0 spiro atoms. The highest BCUT2D eigenvalue weighted by molar-refractivity contribution is 7.86. The van der Waals surface area contributed by atoms with Crippen molar-refractivity contribution in [3.05, 3.63) is 0 Å². The van der Waals surface area contributed by atoms with Gasteiger partial charge in [0.25, 0.3) is 0 Å². The van der Waals surface area contributed by atoms with Crippen LogP contribution in [-0.4, -0.2) is 61.0 Å². The van der Waals surface area contributed by atoms with Crippen LogP contribution in [0, 0.1) is 0 Å². The minimum atomic E-state index is -6.47. The van der Waals surface area contributed by atoms with E-state index in [0.29, 0.717) is 6.42 Å². The molecule has 0 aliphatic heterocycles. The van der Waals surface area contributed by atoms with E-state index in [0.717, 1.165) is 0 Å². The van der Waals surface area contributed by atoms with E-state index >= 15 is 0 Å². The molecule has 0 heterocycles. The summed E-state index contributed by atoms with van der Waals surface area (Å²) < 4.78 is 118. The summed E-state index contributed by atoms with van der Waals surface area (Å²) in [5.74, 6) is -4.97. The van der Waals surface area contributed by atoms with Crippen molar-refractivity contribution in [3.8, 4) is 0 Å². The first kappa shape index (κ1) is 32.6. The Kier molecular flexibility index (Phi) is 14.5. The molecular formula is C19H36F7NO3S. The smallest absolute Gasteiger partial charge is 0.396 e. The van der Waals surface area contributed by atoms with Gasteiger partial charge in [0.2, 0.25) is 0 Å². The molecule has 0 amide bonds. The number of nitrogens with zero attached hydrogens (tertiary/aromatic N) is 1. The number of alkyl halides is 7. The number of rotatable bonds is 14. The number of hydrogen-bond donors (Lipinski definition) is 0. The Bertz CT molecular complexity index is 560. The average molecular weight is 492 g/mol. The van der Waals surface area contributed by atoms with Crippen molar-refractivity contribution in [2.45, 2.75) is 96.4 Å². The van der Waals surface area contributed by atoms with Crippen molar-refractivity contribution < 1.29 is 48.2 Å². The Hall–Kier alpha value is -0.620. The van der Waals surface area contributed by atoms with Crippen molar-refractivity contribution in [2.24, 2.45) is 0 Å². The topological polar surface area (TPSA) is 57.2 Å². The monoisotopic (exact) mass is 491 g/mol. The van der Waals surface area contributed by atoms with Crippen molar-refractivity contribution in [1.29, 1.82) is 0 Å². The summed E-state index contributed by atoms with van der Waals surface area (Å²) in [7, 11) is -6.47. The highest BCUT2D eigenvalue weighted by Gasteiger charge is 2.60. The van der Waals surface area contributed by atoms with Crippen LogP contribution in [0.4, 0.5) is 30.7 Å². The average Bonchev–Trinajstić information content (AvgIpc) is 2.65. The molecule has 4 nitrogen and oxygen atoms in total. The Morgan fingerprint density at radius 3 is 1.23 bits per heavy atom. The third kappa shape index (κ3) is 12.3. The van der Waals surface area contributed by atoms with Gasteiger partial charge in [0, 0.05) is 12.8 Å². The predicted octanol–water partition coefficient (Wildman–Crippen LogP) is 6.33. The van der Waals surface area contributed by atoms with Gasteiger partial charge in [-0.05, 0) is 40.5 Å². The molecule has 0 aromatic carbocycles. The van der Waals surface area contributed by atoms with Gasteiger partial charge >= 0.3 is 17.4 Å². The number of halogens is 7. The summed E-state index contributed by atoms with van der Waals surface area (Å²) in [4.78, 5) is 0. The standard InChI is InChI=1S/C11H17F7O3S.C8H20N/c12-9(13,11(17,18)22(19,20)21)7-5-3-1-2-4-6-8-10(14,15)16;1-5-9(6-2,7-3)8-4/h1-8H2,(H,19,20,21);5-8H2,1-4H3/q;+1/p-1. The largest absolute Gasteiger partial charge is 0.743 e. The summed E-state index contributed by atoms with van der Waals surface area (Å²) >= 11 is 0. The lowest BCUT2D eigenvalue weighted by Gasteiger charge is -2.34. The molecule has 0 saturated carbocycles. The lowest BCUT2D eigenvalue weighted by molar-refractivity contribution is -0.921. The fourth-order valence-corrected chi connectivity index (χ4v) is 3.52. The van der Waals surface area contributed by atoms with Gasteiger partial charge in [-0.2, -0.15) is 30.7 Å². The lowest BCUT2D eigenvalue weighted by atomic mass is 10.1. The van der Waals surface area contributed by atoms with E-state index in [2.05, 4.69) is 27.7 Å². The third-order valence-corrected chi connectivity index (χ3v) is 6.55. The van der Waals surface area contributed by atoms with Gasteiger partial charge in [0.05, 0.1) is 26.2 Å². The SMILES string of the molecule is CC[N+](CC)(CC)CC.O=S(=O)([O-])C(F)(F)C(F)(F)CCCCCCCCC(F)(F)F. The summed E-state index contributed by atoms with van der Waals surface area (Å²) in [5, 5.41) is -5.67. The molecule has 190 valence electrons. The molecule has 12 heteroatoms. The second-order valence-electron chi connectivity index (χ2n) is 7.52. The first-order chi connectivity index (χ1) is 13.9. The van der Waals surface area contributed by atoms with Crippen LogP contribution in [0.15, 0.2) is 0 Å². The molecule has 0 aromatic rings. The van der Waals surface area contributed by atoms with Gasteiger partial charge in [-0.15, -0.1) is 0 Å². The zero-order valence-electron chi connectivity index (χ0n) is 18.7. The van der Waals surface area contributed by atoms with Crippen LogP contribution in [-0.2, 0) is 10.1 Å². The molecule has 0 unspecified atom stereocenters. The van der Waals surface area contributed by atoms with Crippen LogP contribution in [0.2, 0.25) is 0 Å². The van der Waals surface area contributed by atoms with E-state index in [1.54, 1.807) is 0 Å². The normalized spacial score (nSPS) is 13.7. The maximum Gasteiger partial charge on any atom is 0.396 e. The van der Waals surface area contributed by atoms with E-state index in [-0.39, 0.29) is 25.7 Å². The van der Waals surface area contributed by atoms with E-state index in [9.17, 15) is 43.7 Å². The molecule has 0 aromatic heterocycles. The molecule has 0 aliphatic rings. The lowest BCUT2D eigenvalue weighted by Crippen LogP contribution is -2.47. The van der Waals surface area contributed by atoms with Crippen LogP contribution < -0.4 is 0 Å². The highest BCUT2D eigenvalue weighted by Crippen LogP contribution is 2.41. The van der Waals surface area contributed by atoms with Crippen LogP contribution >= 0.6 is 0 Å². The van der Waals surface area contributed by atoms with E-state index in [1.165, 1.54) is 30.7 Å². The molecule has 0 N–H and O–H groups in total. The summed E-state index contributed by atoms with van der Waals surface area (Å²) in [5.41, 5.74) is 0. The van der Waals surface area contributed by atoms with Crippen LogP contribution in [0.5, 0.6) is 0 Å². The molecule has 0 rings (SSSR count). The molecule has 0 bridgehead atoms. The van der Waals surface area contributed by atoms with Gasteiger partial charge in [-0.25, -0.2) is 8.42 Å². The van der Waals surface area contributed by atoms with Crippen LogP contribution in [0.3, 0.4) is 0 Å². The van der Waals surface area contributed by atoms with Gasteiger partial charge in [0.1, 0.15) is 0 Å². The molecule has 0 radical (unpaired) electrons. The van der Waals surface area contributed by atoms with Crippen molar-refractivity contribution in [2.75, 3.05) is 26.2 Å². The quantitative estimate of drug-likeness (QED) is 0.124. The molecule has 0 aliphatic carbocycles. The zero-order valence-corrected chi connectivity index (χ0v) is 19.5. The first-order valence-electron chi connectivity index (χ1n) is 10.6. The number of unbranched alkanes of at least 4 members (excludes halogenated alkanes) is 5. The highest BCUT2D eigenvalue weighted by atomic mass is 32.2. The van der Waals surface area contributed by atoms with Gasteiger partial charge in [-0.1, -0.05) is 25.7 Å². The molecular weight excluding hydrogens is 455 g/mol. The fourth-order valence-electron chi connectivity index (χ4n) is 3.05. The minimum absolute atomic E-state index is 0.0244. The maximum atomic E-state index is 13.0. The maximum absolute atomic E-state index is 13.0.